The number of ether oxygens (including phenoxy) is 5. The van der Waals surface area contributed by atoms with Gasteiger partial charge in [-0.3, -0.25) is 0 Å². The van der Waals surface area contributed by atoms with Gasteiger partial charge in [0.25, 0.3) is 0 Å². The van der Waals surface area contributed by atoms with E-state index in [1.54, 1.807) is 36.4 Å². The van der Waals surface area contributed by atoms with E-state index in [1.807, 2.05) is 13.0 Å². The van der Waals surface area contributed by atoms with Crippen LogP contribution >= 0.6 is 23.4 Å². The van der Waals surface area contributed by atoms with Crippen LogP contribution in [0.4, 0.5) is 0 Å². The number of hydrogen-bond acceptors (Lipinski definition) is 7. The first-order chi connectivity index (χ1) is 20.8. The third-order valence-corrected chi connectivity index (χ3v) is 8.71. The summed E-state index contributed by atoms with van der Waals surface area (Å²) < 4.78 is 30.9. The minimum atomic E-state index is -1.67. The van der Waals surface area contributed by atoms with Gasteiger partial charge in [0.2, 0.25) is 0 Å². The van der Waals surface area contributed by atoms with Crippen molar-refractivity contribution < 1.29 is 28.8 Å². The van der Waals surface area contributed by atoms with Gasteiger partial charge in [0.05, 0.1) is 38.3 Å². The lowest BCUT2D eigenvalue weighted by atomic mass is 9.91. The number of aliphatic hydroxyl groups is 1. The Morgan fingerprint density at radius 3 is 2.07 bits per heavy atom. The quantitative estimate of drug-likeness (QED) is 0.133. The van der Waals surface area contributed by atoms with Gasteiger partial charge in [0.15, 0.2) is 4.93 Å². The fourth-order valence-electron chi connectivity index (χ4n) is 4.92. The third-order valence-electron chi connectivity index (χ3n) is 6.84. The van der Waals surface area contributed by atoms with Crippen LogP contribution in [0.2, 0.25) is 5.02 Å². The summed E-state index contributed by atoms with van der Waals surface area (Å²) in [7, 11) is 0. The zero-order valence-corrected chi connectivity index (χ0v) is 26.5. The molecule has 0 spiro atoms. The van der Waals surface area contributed by atoms with E-state index < -0.39 is 23.2 Å². The van der Waals surface area contributed by atoms with Crippen LogP contribution in [0.1, 0.15) is 22.3 Å². The molecular formula is C35H43ClO6S. The molecule has 1 fully saturated rings. The summed E-state index contributed by atoms with van der Waals surface area (Å²) in [5.41, 5.74) is 3.59. The molecule has 0 amide bonds. The van der Waals surface area contributed by atoms with Crippen LogP contribution < -0.4 is 4.74 Å². The maximum Gasteiger partial charge on any atom is 0.168 e. The Hall–Kier alpha value is -2.62. The Labute approximate surface area is 265 Å². The van der Waals surface area contributed by atoms with Gasteiger partial charge >= 0.3 is 0 Å². The van der Waals surface area contributed by atoms with E-state index in [1.165, 1.54) is 17.3 Å². The topological polar surface area (TPSA) is 66.4 Å². The third kappa shape index (κ3) is 9.19. The summed E-state index contributed by atoms with van der Waals surface area (Å²) in [6.45, 7) is 22.5. The van der Waals surface area contributed by atoms with Crippen molar-refractivity contribution in [2.75, 3.05) is 39.6 Å². The number of rotatable bonds is 19. The first kappa shape index (κ1) is 34.9. The Morgan fingerprint density at radius 1 is 0.837 bits per heavy atom. The van der Waals surface area contributed by atoms with Crippen molar-refractivity contribution in [3.8, 4) is 5.75 Å². The SMILES string of the molecule is C=CCOC[C@H]1SC(O)(c2cc(Cc3ccc(C)cc3)c(Cl)cc2OCC=C)[C@H](OCC=C)[C@@H](OCC=C)[C@@H]1OCC=C. The molecule has 2 aromatic rings. The van der Waals surface area contributed by atoms with Crippen LogP contribution in [-0.4, -0.2) is 68.3 Å². The highest BCUT2D eigenvalue weighted by molar-refractivity contribution is 8.00. The standard InChI is InChI=1S/C35H43ClO6S/c1-7-16-38-24-31-32(40-18-9-3)33(41-19-10-4)34(42-20-11-5)35(37,43-31)28-22-27(21-26-14-12-25(6)13-15-26)29(36)23-30(28)39-17-8-2/h7-15,22-23,31-34,37H,1-5,16-21,24H2,6H3/t31-,32-,33+,34-,35?/m1/s1. The van der Waals surface area contributed by atoms with E-state index in [9.17, 15) is 5.11 Å². The molecule has 8 heteroatoms. The molecular weight excluding hydrogens is 584 g/mol. The smallest absolute Gasteiger partial charge is 0.168 e. The van der Waals surface area contributed by atoms with Crippen molar-refractivity contribution in [3.63, 3.8) is 0 Å². The summed E-state index contributed by atoms with van der Waals surface area (Å²) in [4.78, 5) is -1.67. The van der Waals surface area contributed by atoms with Gasteiger partial charge in [0, 0.05) is 10.6 Å². The fraction of sp³-hybridized carbons (Fsp3) is 0.371. The van der Waals surface area contributed by atoms with Crippen molar-refractivity contribution in [1.82, 2.24) is 0 Å². The number of aryl methyl sites for hydroxylation is 1. The highest BCUT2D eigenvalue weighted by atomic mass is 35.5. The summed E-state index contributed by atoms with van der Waals surface area (Å²) in [5, 5.41) is 13.0. The Bertz CT molecular complexity index is 1230. The lowest BCUT2D eigenvalue weighted by Crippen LogP contribution is -2.61. The molecule has 0 bridgehead atoms. The first-order valence-electron chi connectivity index (χ1n) is 14.2. The van der Waals surface area contributed by atoms with Crippen LogP contribution in [0, 0.1) is 6.92 Å². The zero-order chi connectivity index (χ0) is 31.2. The normalized spacial score (nSPS) is 23.3. The van der Waals surface area contributed by atoms with E-state index in [-0.39, 0.29) is 38.3 Å². The van der Waals surface area contributed by atoms with Crippen molar-refractivity contribution in [1.29, 1.82) is 0 Å². The molecule has 1 aliphatic heterocycles. The van der Waals surface area contributed by atoms with Gasteiger partial charge in [-0.2, -0.15) is 0 Å². The first-order valence-corrected chi connectivity index (χ1v) is 15.5. The van der Waals surface area contributed by atoms with E-state index >= 15 is 0 Å². The maximum atomic E-state index is 12.9. The van der Waals surface area contributed by atoms with Crippen molar-refractivity contribution in [2.45, 2.75) is 41.8 Å². The van der Waals surface area contributed by atoms with Gasteiger partial charge in [-0.15, -0.1) is 38.1 Å². The van der Waals surface area contributed by atoms with Crippen molar-refractivity contribution >= 4 is 23.4 Å². The Balaban J connectivity index is 2.21. The molecule has 1 aliphatic rings. The highest BCUT2D eigenvalue weighted by Gasteiger charge is 2.57. The number of halogens is 1. The van der Waals surface area contributed by atoms with Gasteiger partial charge in [-0.05, 0) is 36.6 Å². The molecule has 0 saturated carbocycles. The van der Waals surface area contributed by atoms with Crippen LogP contribution in [0.3, 0.4) is 0 Å². The maximum absolute atomic E-state index is 12.9. The molecule has 0 radical (unpaired) electrons. The minimum absolute atomic E-state index is 0.167. The van der Waals surface area contributed by atoms with Crippen molar-refractivity contribution in [2.24, 2.45) is 0 Å². The van der Waals surface area contributed by atoms with Crippen LogP contribution in [0.5, 0.6) is 5.75 Å². The average Bonchev–Trinajstić information content (AvgIpc) is 3.00. The number of hydrogen-bond donors (Lipinski definition) is 1. The highest BCUT2D eigenvalue weighted by Crippen LogP contribution is 2.53. The van der Waals surface area contributed by atoms with E-state index in [0.717, 1.165) is 11.1 Å². The second-order valence-corrected chi connectivity index (χ2v) is 12.0. The Morgan fingerprint density at radius 2 is 1.44 bits per heavy atom. The molecule has 0 aliphatic carbocycles. The van der Waals surface area contributed by atoms with Gasteiger partial charge in [0.1, 0.15) is 30.7 Å². The molecule has 0 aromatic heterocycles. The average molecular weight is 627 g/mol. The molecule has 1 unspecified atom stereocenters. The van der Waals surface area contributed by atoms with Gasteiger partial charge in [-0.1, -0.05) is 78.4 Å². The van der Waals surface area contributed by atoms with Crippen LogP contribution in [-0.2, 0) is 30.3 Å². The predicted octanol–water partition coefficient (Wildman–Crippen LogP) is 6.98. The fourth-order valence-corrected chi connectivity index (χ4v) is 6.75. The van der Waals surface area contributed by atoms with E-state index in [2.05, 4.69) is 57.2 Å². The molecule has 1 N–H and O–H groups in total. The molecule has 5 atom stereocenters. The predicted molar refractivity (Wildman–Crippen MR) is 177 cm³/mol. The molecule has 43 heavy (non-hydrogen) atoms. The van der Waals surface area contributed by atoms with E-state index in [0.29, 0.717) is 29.4 Å². The van der Waals surface area contributed by atoms with Crippen molar-refractivity contribution in [3.05, 3.63) is 127 Å². The second-order valence-electron chi connectivity index (χ2n) is 10.1. The molecule has 1 saturated heterocycles. The number of thioether (sulfide) groups is 1. The monoisotopic (exact) mass is 626 g/mol. The second kappa shape index (κ2) is 17.6. The summed E-state index contributed by atoms with van der Waals surface area (Å²) in [5.74, 6) is 0.415. The van der Waals surface area contributed by atoms with Gasteiger partial charge in [-0.25, -0.2) is 0 Å². The lowest BCUT2D eigenvalue weighted by molar-refractivity contribution is -0.180. The minimum Gasteiger partial charge on any atom is -0.489 e. The van der Waals surface area contributed by atoms with Crippen LogP contribution in [0.25, 0.3) is 0 Å². The number of benzene rings is 2. The molecule has 6 nitrogen and oxygen atoms in total. The van der Waals surface area contributed by atoms with Crippen LogP contribution in [0.15, 0.2) is 99.7 Å². The summed E-state index contributed by atoms with van der Waals surface area (Å²) in [6, 6.07) is 11.9. The molecule has 2 aromatic carbocycles. The molecule has 3 rings (SSSR count). The van der Waals surface area contributed by atoms with Gasteiger partial charge < -0.3 is 28.8 Å². The lowest BCUT2D eigenvalue weighted by Gasteiger charge is -2.50. The summed E-state index contributed by atoms with van der Waals surface area (Å²) >= 11 is 8.11. The molecule has 232 valence electrons. The zero-order valence-electron chi connectivity index (χ0n) is 24.9. The largest absolute Gasteiger partial charge is 0.489 e. The summed E-state index contributed by atoms with van der Waals surface area (Å²) in [6.07, 6.45) is 6.70. The molecule has 1 heterocycles. The van der Waals surface area contributed by atoms with E-state index in [4.69, 9.17) is 35.3 Å². The Kier molecular flexibility index (Phi) is 14.3.